The van der Waals surface area contributed by atoms with Crippen molar-refractivity contribution in [2.75, 3.05) is 18.4 Å². The van der Waals surface area contributed by atoms with E-state index in [1.54, 1.807) is 22.7 Å². The first kappa shape index (κ1) is 13.7. The van der Waals surface area contributed by atoms with E-state index in [-0.39, 0.29) is 24.2 Å². The zero-order valence-electron chi connectivity index (χ0n) is 9.80. The van der Waals surface area contributed by atoms with Crippen molar-refractivity contribution in [2.45, 2.75) is 6.92 Å². The number of halogens is 1. The summed E-state index contributed by atoms with van der Waals surface area (Å²) in [6.07, 6.45) is 0. The fraction of sp³-hybridized carbons (Fsp3) is 0.455. The topological polar surface area (TPSA) is 54.0 Å². The van der Waals surface area contributed by atoms with Crippen LogP contribution in [-0.2, 0) is 4.79 Å². The van der Waals surface area contributed by atoms with Crippen LogP contribution in [0, 0.1) is 11.8 Å². The molecule has 1 unspecified atom stereocenters. The molecule has 3 heterocycles. The van der Waals surface area contributed by atoms with Gasteiger partial charge in [0.2, 0.25) is 5.91 Å². The maximum Gasteiger partial charge on any atom is 0.229 e. The van der Waals surface area contributed by atoms with Crippen LogP contribution in [0.3, 0.4) is 0 Å². The molecule has 2 aromatic rings. The van der Waals surface area contributed by atoms with Crippen LogP contribution in [0.25, 0.3) is 9.53 Å². The number of thiazole rings is 1. The summed E-state index contributed by atoms with van der Waals surface area (Å²) in [5.41, 5.74) is 0.980. The lowest BCUT2D eigenvalue weighted by Crippen LogP contribution is -2.48. The predicted octanol–water partition coefficient (Wildman–Crippen LogP) is 2.57. The number of fused-ring (bicyclic) bond motifs is 1. The van der Waals surface area contributed by atoms with Crippen molar-refractivity contribution in [3.8, 4) is 0 Å². The summed E-state index contributed by atoms with van der Waals surface area (Å²) in [7, 11) is 0. The number of thiophene rings is 1. The van der Waals surface area contributed by atoms with Crippen molar-refractivity contribution in [1.82, 2.24) is 10.3 Å². The molecule has 0 radical (unpaired) electrons. The smallest absolute Gasteiger partial charge is 0.229 e. The highest BCUT2D eigenvalue weighted by molar-refractivity contribution is 7.39. The van der Waals surface area contributed by atoms with Gasteiger partial charge < -0.3 is 10.6 Å². The molecule has 2 aromatic heterocycles. The molecule has 0 bridgehead atoms. The molecular formula is C11H14ClN3OS2. The van der Waals surface area contributed by atoms with E-state index >= 15 is 0 Å². The Balaban J connectivity index is 0.00000120. The van der Waals surface area contributed by atoms with Crippen molar-refractivity contribution >= 4 is 55.6 Å². The lowest BCUT2D eigenvalue weighted by molar-refractivity contribution is -0.121. The van der Waals surface area contributed by atoms with E-state index in [1.165, 1.54) is 4.01 Å². The van der Waals surface area contributed by atoms with Crippen LogP contribution in [0.15, 0.2) is 11.4 Å². The molecule has 1 fully saturated rings. The number of aromatic nitrogens is 1. The summed E-state index contributed by atoms with van der Waals surface area (Å²) in [6, 6.07) is 1.98. The molecule has 7 heteroatoms. The zero-order chi connectivity index (χ0) is 11.8. The third-order valence-corrected chi connectivity index (χ3v) is 5.20. The Hall–Kier alpha value is -0.690. The molecule has 0 aliphatic carbocycles. The molecule has 0 aromatic carbocycles. The minimum absolute atomic E-state index is 0. The summed E-state index contributed by atoms with van der Waals surface area (Å²) in [5, 5.41) is 8.84. The molecule has 1 amide bonds. The van der Waals surface area contributed by atoms with Gasteiger partial charge in [-0.25, -0.2) is 4.98 Å². The highest BCUT2D eigenvalue weighted by Gasteiger charge is 2.29. The Kier molecular flexibility index (Phi) is 4.21. The van der Waals surface area contributed by atoms with Gasteiger partial charge in [0.05, 0.1) is 5.52 Å². The van der Waals surface area contributed by atoms with Gasteiger partial charge in [0.25, 0.3) is 0 Å². The van der Waals surface area contributed by atoms with E-state index < -0.39 is 0 Å². The monoisotopic (exact) mass is 303 g/mol. The standard InChI is InChI=1S/C11H13N3OS2.ClH/c1-6(7-4-12-5-7)9(15)14-11-13-8-2-3-16-10(8)17-11;/h2-3,6-7,12H,4-5H2,1H3,(H,13,14,15);1H. The highest BCUT2D eigenvalue weighted by Crippen LogP contribution is 2.30. The predicted molar refractivity (Wildman–Crippen MR) is 78.9 cm³/mol. The molecule has 3 rings (SSSR count). The van der Waals surface area contributed by atoms with Gasteiger partial charge in [-0.05, 0) is 30.5 Å². The molecular weight excluding hydrogens is 290 g/mol. The Morgan fingerprint density at radius 3 is 3.00 bits per heavy atom. The summed E-state index contributed by atoms with van der Waals surface area (Å²) in [6.45, 7) is 3.87. The Bertz CT molecular complexity index is 521. The molecule has 2 N–H and O–H groups in total. The minimum Gasteiger partial charge on any atom is -0.316 e. The second kappa shape index (κ2) is 5.52. The summed E-state index contributed by atoms with van der Waals surface area (Å²) in [4.78, 5) is 16.4. The summed E-state index contributed by atoms with van der Waals surface area (Å²) >= 11 is 3.21. The number of nitrogens with one attached hydrogen (secondary N) is 2. The van der Waals surface area contributed by atoms with Gasteiger partial charge in [0, 0.05) is 5.92 Å². The first-order chi connectivity index (χ1) is 8.24. The van der Waals surface area contributed by atoms with Gasteiger partial charge in [0.1, 0.15) is 4.01 Å². The lowest BCUT2D eigenvalue weighted by Gasteiger charge is -2.31. The van der Waals surface area contributed by atoms with Crippen LogP contribution in [0.1, 0.15) is 6.92 Å². The fourth-order valence-electron chi connectivity index (χ4n) is 1.82. The van der Waals surface area contributed by atoms with Crippen LogP contribution in [0.2, 0.25) is 0 Å². The third-order valence-electron chi connectivity index (χ3n) is 3.19. The molecule has 4 nitrogen and oxygen atoms in total. The number of carbonyl (C=O) groups excluding carboxylic acids is 1. The second-order valence-electron chi connectivity index (χ2n) is 4.31. The van der Waals surface area contributed by atoms with E-state index in [0.29, 0.717) is 5.92 Å². The first-order valence-electron chi connectivity index (χ1n) is 5.59. The summed E-state index contributed by atoms with van der Waals surface area (Å²) in [5.74, 6) is 0.604. The van der Waals surface area contributed by atoms with E-state index in [9.17, 15) is 4.79 Å². The van der Waals surface area contributed by atoms with Gasteiger partial charge >= 0.3 is 0 Å². The van der Waals surface area contributed by atoms with E-state index in [0.717, 1.165) is 23.7 Å². The maximum atomic E-state index is 12.0. The average Bonchev–Trinajstić information content (AvgIpc) is 2.74. The average molecular weight is 304 g/mol. The van der Waals surface area contributed by atoms with Crippen LogP contribution in [0.4, 0.5) is 5.13 Å². The summed E-state index contributed by atoms with van der Waals surface area (Å²) < 4.78 is 1.17. The van der Waals surface area contributed by atoms with Crippen LogP contribution in [-0.4, -0.2) is 24.0 Å². The molecule has 1 saturated heterocycles. The normalized spacial score (nSPS) is 16.9. The van der Waals surface area contributed by atoms with Gasteiger partial charge in [-0.2, -0.15) is 0 Å². The van der Waals surface area contributed by atoms with E-state index in [4.69, 9.17) is 0 Å². The number of carbonyl (C=O) groups is 1. The number of hydrogen-bond donors (Lipinski definition) is 2. The SMILES string of the molecule is CC(C(=O)Nc1nc2ccsc2s1)C1CNC1.Cl. The minimum atomic E-state index is 0. The van der Waals surface area contributed by atoms with Gasteiger partial charge in [-0.15, -0.1) is 23.7 Å². The largest absolute Gasteiger partial charge is 0.316 e. The van der Waals surface area contributed by atoms with E-state index in [1.807, 2.05) is 18.4 Å². The molecule has 1 aliphatic heterocycles. The molecule has 98 valence electrons. The lowest BCUT2D eigenvalue weighted by atomic mass is 9.88. The van der Waals surface area contributed by atoms with Crippen LogP contribution in [0.5, 0.6) is 0 Å². The van der Waals surface area contributed by atoms with Gasteiger partial charge in [-0.3, -0.25) is 4.79 Å². The molecule has 0 saturated carbocycles. The van der Waals surface area contributed by atoms with Crippen molar-refractivity contribution in [3.05, 3.63) is 11.4 Å². The quantitative estimate of drug-likeness (QED) is 0.916. The third kappa shape index (κ3) is 2.51. The zero-order valence-corrected chi connectivity index (χ0v) is 12.3. The van der Waals surface area contributed by atoms with Crippen molar-refractivity contribution < 1.29 is 4.79 Å². The highest BCUT2D eigenvalue weighted by atomic mass is 35.5. The van der Waals surface area contributed by atoms with Gasteiger partial charge in [0.15, 0.2) is 5.13 Å². The van der Waals surface area contributed by atoms with Crippen molar-refractivity contribution in [1.29, 1.82) is 0 Å². The Morgan fingerprint density at radius 2 is 2.39 bits per heavy atom. The van der Waals surface area contributed by atoms with Crippen LogP contribution < -0.4 is 10.6 Å². The first-order valence-corrected chi connectivity index (χ1v) is 7.29. The van der Waals surface area contributed by atoms with Crippen LogP contribution >= 0.6 is 35.1 Å². The number of amides is 1. The Labute approximate surface area is 119 Å². The molecule has 18 heavy (non-hydrogen) atoms. The number of rotatable bonds is 3. The van der Waals surface area contributed by atoms with Crippen molar-refractivity contribution in [3.63, 3.8) is 0 Å². The van der Waals surface area contributed by atoms with Crippen molar-refractivity contribution in [2.24, 2.45) is 11.8 Å². The second-order valence-corrected chi connectivity index (χ2v) is 6.48. The van der Waals surface area contributed by atoms with E-state index in [2.05, 4.69) is 15.6 Å². The number of hydrogen-bond acceptors (Lipinski definition) is 5. The van der Waals surface area contributed by atoms with Gasteiger partial charge in [-0.1, -0.05) is 18.3 Å². The molecule has 1 aliphatic rings. The molecule has 0 spiro atoms. The number of anilines is 1. The number of nitrogens with zero attached hydrogens (tertiary/aromatic N) is 1. The maximum absolute atomic E-state index is 12.0. The fourth-order valence-corrected chi connectivity index (χ4v) is 3.66. The Morgan fingerprint density at radius 1 is 1.61 bits per heavy atom. The molecule has 1 atom stereocenters.